The second-order valence-electron chi connectivity index (χ2n) is 4.02. The fourth-order valence-corrected chi connectivity index (χ4v) is 1.98. The molecule has 2 nitrogen and oxygen atoms in total. The van der Waals surface area contributed by atoms with Crippen LogP contribution in [-0.4, -0.2) is 11.0 Å². The zero-order valence-corrected chi connectivity index (χ0v) is 8.83. The van der Waals surface area contributed by atoms with Crippen molar-refractivity contribution in [2.45, 2.75) is 32.7 Å². The topological polar surface area (TPSA) is 16.1 Å². The van der Waals surface area contributed by atoms with Gasteiger partial charge in [-0.2, -0.15) is 0 Å². The molecule has 2 heterocycles. The highest BCUT2D eigenvalue weighted by atomic mass is 15.2. The molecule has 0 bridgehead atoms. The Labute approximate surface area is 85.3 Å². The molecule has 1 saturated heterocycles. The molecule has 1 aromatic heterocycles. The molecule has 0 aromatic carbocycles. The lowest BCUT2D eigenvalue weighted by Crippen LogP contribution is -2.25. The molecule has 1 aliphatic rings. The van der Waals surface area contributed by atoms with Crippen LogP contribution in [0.4, 0.5) is 5.82 Å². The fraction of sp³-hybridized carbons (Fsp3) is 0.417. The van der Waals surface area contributed by atoms with Gasteiger partial charge in [-0.25, -0.2) is 4.98 Å². The van der Waals surface area contributed by atoms with Crippen molar-refractivity contribution in [1.82, 2.24) is 4.98 Å². The van der Waals surface area contributed by atoms with Crippen molar-refractivity contribution in [2.24, 2.45) is 0 Å². The largest absolute Gasteiger partial charge is 0.328 e. The van der Waals surface area contributed by atoms with Crippen LogP contribution in [0, 0.1) is 6.92 Å². The highest BCUT2D eigenvalue weighted by molar-refractivity contribution is 5.49. The lowest BCUT2D eigenvalue weighted by atomic mass is 10.2. The first-order valence-corrected chi connectivity index (χ1v) is 5.08. The number of anilines is 1. The van der Waals surface area contributed by atoms with E-state index in [1.54, 1.807) is 0 Å². The first kappa shape index (κ1) is 9.25. The first-order valence-electron chi connectivity index (χ1n) is 5.08. The quantitative estimate of drug-likeness (QED) is 0.673. The van der Waals surface area contributed by atoms with Crippen molar-refractivity contribution in [2.75, 3.05) is 4.90 Å². The van der Waals surface area contributed by atoms with E-state index < -0.39 is 0 Å². The monoisotopic (exact) mass is 188 g/mol. The highest BCUT2D eigenvalue weighted by Gasteiger charge is 2.24. The van der Waals surface area contributed by atoms with Crippen LogP contribution in [0.15, 0.2) is 30.6 Å². The Morgan fingerprint density at radius 3 is 2.93 bits per heavy atom. The lowest BCUT2D eigenvalue weighted by Gasteiger charge is -2.23. The van der Waals surface area contributed by atoms with Gasteiger partial charge in [0, 0.05) is 17.9 Å². The number of hydrogen-bond donors (Lipinski definition) is 0. The Hall–Kier alpha value is -1.31. The summed E-state index contributed by atoms with van der Waals surface area (Å²) in [6, 6.07) is 4.68. The Bertz CT molecular complexity index is 357. The van der Waals surface area contributed by atoms with Crippen LogP contribution < -0.4 is 4.90 Å². The van der Waals surface area contributed by atoms with Crippen molar-refractivity contribution in [3.63, 3.8) is 0 Å². The zero-order valence-electron chi connectivity index (χ0n) is 8.83. The van der Waals surface area contributed by atoms with E-state index in [-0.39, 0.29) is 0 Å². The standard InChI is InChI=1S/C12H16N2/c1-9-6-7-13-12(8-9)14-10(2)4-5-11(14)3/h6-8,11H,2,4-5H2,1,3H3. The van der Waals surface area contributed by atoms with Gasteiger partial charge in [0.2, 0.25) is 0 Å². The fourth-order valence-electron chi connectivity index (χ4n) is 1.98. The number of nitrogens with zero attached hydrogens (tertiary/aromatic N) is 2. The van der Waals surface area contributed by atoms with E-state index in [0.29, 0.717) is 6.04 Å². The summed E-state index contributed by atoms with van der Waals surface area (Å²) in [5.41, 5.74) is 2.44. The molecular formula is C12H16N2. The van der Waals surface area contributed by atoms with Crippen molar-refractivity contribution in [3.05, 3.63) is 36.2 Å². The summed E-state index contributed by atoms with van der Waals surface area (Å²) in [5, 5.41) is 0. The first-order chi connectivity index (χ1) is 6.68. The van der Waals surface area contributed by atoms with E-state index in [0.717, 1.165) is 12.2 Å². The van der Waals surface area contributed by atoms with Crippen LogP contribution in [-0.2, 0) is 0 Å². The van der Waals surface area contributed by atoms with Gasteiger partial charge in [-0.3, -0.25) is 0 Å². The van der Waals surface area contributed by atoms with E-state index in [1.165, 1.54) is 17.7 Å². The van der Waals surface area contributed by atoms with Gasteiger partial charge in [-0.15, -0.1) is 0 Å². The normalized spacial score (nSPS) is 21.7. The predicted molar refractivity (Wildman–Crippen MR) is 59.3 cm³/mol. The smallest absolute Gasteiger partial charge is 0.133 e. The van der Waals surface area contributed by atoms with E-state index >= 15 is 0 Å². The second-order valence-corrected chi connectivity index (χ2v) is 4.02. The van der Waals surface area contributed by atoms with Crippen molar-refractivity contribution < 1.29 is 0 Å². The van der Waals surface area contributed by atoms with Gasteiger partial charge in [0.15, 0.2) is 0 Å². The Balaban J connectivity index is 2.34. The molecule has 2 rings (SSSR count). The van der Waals surface area contributed by atoms with Crippen LogP contribution in [0.1, 0.15) is 25.3 Å². The molecule has 0 N–H and O–H groups in total. The number of allylic oxidation sites excluding steroid dienone is 1. The molecular weight excluding hydrogens is 172 g/mol. The summed E-state index contributed by atoms with van der Waals surface area (Å²) in [6.45, 7) is 8.39. The molecule has 1 aromatic rings. The Kier molecular flexibility index (Phi) is 2.28. The van der Waals surface area contributed by atoms with Crippen molar-refractivity contribution >= 4 is 5.82 Å². The van der Waals surface area contributed by atoms with Crippen LogP contribution >= 0.6 is 0 Å². The van der Waals surface area contributed by atoms with Crippen molar-refractivity contribution in [3.8, 4) is 0 Å². The van der Waals surface area contributed by atoms with Gasteiger partial charge in [0.25, 0.3) is 0 Å². The van der Waals surface area contributed by atoms with Crippen LogP contribution in [0.5, 0.6) is 0 Å². The molecule has 1 unspecified atom stereocenters. The average molecular weight is 188 g/mol. The van der Waals surface area contributed by atoms with Crippen molar-refractivity contribution in [1.29, 1.82) is 0 Å². The molecule has 0 radical (unpaired) electrons. The summed E-state index contributed by atoms with van der Waals surface area (Å²) in [7, 11) is 0. The minimum absolute atomic E-state index is 0.539. The average Bonchev–Trinajstić information content (AvgIpc) is 2.46. The third kappa shape index (κ3) is 1.52. The van der Waals surface area contributed by atoms with E-state index in [4.69, 9.17) is 0 Å². The zero-order chi connectivity index (χ0) is 10.1. The molecule has 2 heteroatoms. The number of aryl methyl sites for hydroxylation is 1. The van der Waals surface area contributed by atoms with Gasteiger partial charge >= 0.3 is 0 Å². The van der Waals surface area contributed by atoms with Gasteiger partial charge in [-0.05, 0) is 44.4 Å². The maximum atomic E-state index is 4.39. The predicted octanol–water partition coefficient (Wildman–Crippen LogP) is 2.89. The molecule has 1 atom stereocenters. The third-order valence-corrected chi connectivity index (χ3v) is 2.78. The molecule has 0 spiro atoms. The van der Waals surface area contributed by atoms with Gasteiger partial charge in [0.05, 0.1) is 0 Å². The summed E-state index contributed by atoms with van der Waals surface area (Å²) in [5.74, 6) is 1.04. The number of rotatable bonds is 1. The maximum absolute atomic E-state index is 4.39. The van der Waals surface area contributed by atoms with Crippen LogP contribution in [0.25, 0.3) is 0 Å². The Morgan fingerprint density at radius 2 is 2.36 bits per heavy atom. The number of hydrogen-bond acceptors (Lipinski definition) is 2. The summed E-state index contributed by atoms with van der Waals surface area (Å²) < 4.78 is 0. The SMILES string of the molecule is C=C1CCC(C)N1c1cc(C)ccn1. The lowest BCUT2D eigenvalue weighted by molar-refractivity contribution is 0.732. The molecule has 1 aliphatic heterocycles. The van der Waals surface area contributed by atoms with Gasteiger partial charge < -0.3 is 4.90 Å². The van der Waals surface area contributed by atoms with E-state index in [1.807, 2.05) is 12.3 Å². The minimum atomic E-state index is 0.539. The molecule has 1 fully saturated rings. The number of aromatic nitrogens is 1. The van der Waals surface area contributed by atoms with Crippen LogP contribution in [0.2, 0.25) is 0 Å². The molecule has 74 valence electrons. The third-order valence-electron chi connectivity index (χ3n) is 2.78. The van der Waals surface area contributed by atoms with Gasteiger partial charge in [-0.1, -0.05) is 6.58 Å². The summed E-state index contributed by atoms with van der Waals surface area (Å²) in [4.78, 5) is 6.63. The van der Waals surface area contributed by atoms with Gasteiger partial charge in [0.1, 0.15) is 5.82 Å². The number of pyridine rings is 1. The molecule has 0 aliphatic carbocycles. The van der Waals surface area contributed by atoms with Crippen LogP contribution in [0.3, 0.4) is 0 Å². The molecule has 0 amide bonds. The second kappa shape index (κ2) is 3.45. The summed E-state index contributed by atoms with van der Waals surface area (Å²) >= 11 is 0. The maximum Gasteiger partial charge on any atom is 0.133 e. The molecule has 0 saturated carbocycles. The summed E-state index contributed by atoms with van der Waals surface area (Å²) in [6.07, 6.45) is 4.15. The Morgan fingerprint density at radius 1 is 1.57 bits per heavy atom. The van der Waals surface area contributed by atoms with E-state index in [9.17, 15) is 0 Å². The van der Waals surface area contributed by atoms with E-state index in [2.05, 4.69) is 36.4 Å². The molecule has 14 heavy (non-hydrogen) atoms. The highest BCUT2D eigenvalue weighted by Crippen LogP contribution is 2.30. The minimum Gasteiger partial charge on any atom is -0.328 e.